The average molecular weight is 312 g/mol. The number of phenols is 1. The standard InChI is InChI=1S/C20H28N2O/c1-12(22-21)18-7-8-19-17-5-3-13-11-14(23)4-6-15(13)16(17)9-10-20(18,19)2/h4,6,11,16-19,23H,3,5,7-10,21H2,1-2H3/b22-12+. The molecular weight excluding hydrogens is 284 g/mol. The van der Waals surface area contributed by atoms with E-state index in [0.29, 0.717) is 23.0 Å². The van der Waals surface area contributed by atoms with Crippen LogP contribution in [0.25, 0.3) is 0 Å². The summed E-state index contributed by atoms with van der Waals surface area (Å²) in [6.45, 7) is 4.61. The zero-order valence-corrected chi connectivity index (χ0v) is 14.3. The molecule has 0 aliphatic heterocycles. The number of nitrogens with two attached hydrogens (primary N) is 1. The van der Waals surface area contributed by atoms with Crippen molar-refractivity contribution < 1.29 is 5.11 Å². The van der Waals surface area contributed by atoms with Gasteiger partial charge in [0.15, 0.2) is 0 Å². The fraction of sp³-hybridized carbons (Fsp3) is 0.650. The molecule has 0 spiro atoms. The van der Waals surface area contributed by atoms with Crippen molar-refractivity contribution >= 4 is 5.71 Å². The molecule has 3 heteroatoms. The summed E-state index contributed by atoms with van der Waals surface area (Å²) in [5.74, 6) is 8.87. The first-order chi connectivity index (χ1) is 11.0. The van der Waals surface area contributed by atoms with E-state index in [2.05, 4.69) is 25.0 Å². The second-order valence-corrected chi connectivity index (χ2v) is 8.24. The molecule has 3 N–H and O–H groups in total. The monoisotopic (exact) mass is 312 g/mol. The minimum atomic E-state index is 0.378. The fourth-order valence-corrected chi connectivity index (χ4v) is 6.34. The van der Waals surface area contributed by atoms with E-state index in [9.17, 15) is 5.11 Å². The molecule has 0 heterocycles. The molecule has 0 amide bonds. The number of fused-ring (bicyclic) bond motifs is 5. The van der Waals surface area contributed by atoms with E-state index in [4.69, 9.17) is 5.84 Å². The van der Waals surface area contributed by atoms with Gasteiger partial charge in [-0.3, -0.25) is 0 Å². The lowest BCUT2D eigenvalue weighted by atomic mass is 9.54. The van der Waals surface area contributed by atoms with Crippen molar-refractivity contribution in [1.29, 1.82) is 0 Å². The molecule has 1 aromatic rings. The second kappa shape index (κ2) is 5.25. The highest BCUT2D eigenvalue weighted by Gasteiger charge is 2.55. The number of hydrazone groups is 1. The van der Waals surface area contributed by atoms with Crippen LogP contribution in [0.3, 0.4) is 0 Å². The van der Waals surface area contributed by atoms with Gasteiger partial charge in [0.2, 0.25) is 0 Å². The topological polar surface area (TPSA) is 58.6 Å². The molecule has 0 bridgehead atoms. The van der Waals surface area contributed by atoms with Crippen molar-refractivity contribution in [3.05, 3.63) is 29.3 Å². The minimum Gasteiger partial charge on any atom is -0.508 e. The van der Waals surface area contributed by atoms with E-state index in [1.807, 2.05) is 12.1 Å². The number of hydrogen-bond donors (Lipinski definition) is 2. The van der Waals surface area contributed by atoms with Crippen molar-refractivity contribution in [3.8, 4) is 5.75 Å². The summed E-state index contributed by atoms with van der Waals surface area (Å²) in [7, 11) is 0. The number of aryl methyl sites for hydroxylation is 1. The summed E-state index contributed by atoms with van der Waals surface area (Å²) in [5, 5.41) is 13.8. The maximum atomic E-state index is 9.77. The molecule has 4 rings (SSSR count). The van der Waals surface area contributed by atoms with E-state index in [0.717, 1.165) is 24.0 Å². The molecule has 0 aromatic heterocycles. The van der Waals surface area contributed by atoms with Gasteiger partial charge in [0.05, 0.1) is 0 Å². The highest BCUT2D eigenvalue weighted by Crippen LogP contribution is 2.63. The van der Waals surface area contributed by atoms with Crippen molar-refractivity contribution in [3.63, 3.8) is 0 Å². The smallest absolute Gasteiger partial charge is 0.115 e. The lowest BCUT2D eigenvalue weighted by Crippen LogP contribution is -2.43. The molecular formula is C20H28N2O. The van der Waals surface area contributed by atoms with Crippen LogP contribution in [0.1, 0.15) is 63.0 Å². The predicted molar refractivity (Wildman–Crippen MR) is 93.5 cm³/mol. The summed E-state index contributed by atoms with van der Waals surface area (Å²) >= 11 is 0. The van der Waals surface area contributed by atoms with Gasteiger partial charge in [0.25, 0.3) is 0 Å². The van der Waals surface area contributed by atoms with Gasteiger partial charge >= 0.3 is 0 Å². The van der Waals surface area contributed by atoms with Crippen LogP contribution in [0.5, 0.6) is 5.75 Å². The number of hydrogen-bond acceptors (Lipinski definition) is 3. The Kier molecular flexibility index (Phi) is 3.44. The Hall–Kier alpha value is -1.51. The fourth-order valence-electron chi connectivity index (χ4n) is 6.34. The van der Waals surface area contributed by atoms with Crippen LogP contribution >= 0.6 is 0 Å². The maximum Gasteiger partial charge on any atom is 0.115 e. The summed E-state index contributed by atoms with van der Waals surface area (Å²) in [6.07, 6.45) is 7.50. The lowest BCUT2D eigenvalue weighted by molar-refractivity contribution is 0.0452. The van der Waals surface area contributed by atoms with Crippen LogP contribution in [0.4, 0.5) is 0 Å². The molecule has 5 unspecified atom stereocenters. The zero-order valence-electron chi connectivity index (χ0n) is 14.3. The molecule has 3 aliphatic carbocycles. The third-order valence-electron chi connectivity index (χ3n) is 7.42. The zero-order chi connectivity index (χ0) is 16.2. The van der Waals surface area contributed by atoms with Gasteiger partial charge in [0.1, 0.15) is 5.75 Å². The number of benzene rings is 1. The SMILES string of the molecule is C/C(=N\N)C1CCC2C3CCc4cc(O)ccc4C3CCC12C. The largest absolute Gasteiger partial charge is 0.508 e. The number of rotatable bonds is 1. The van der Waals surface area contributed by atoms with E-state index in [1.165, 1.54) is 43.2 Å². The predicted octanol–water partition coefficient (Wildman–Crippen LogP) is 4.20. The van der Waals surface area contributed by atoms with Crippen molar-refractivity contribution in [2.45, 2.75) is 58.3 Å². The second-order valence-electron chi connectivity index (χ2n) is 8.24. The first-order valence-corrected chi connectivity index (χ1v) is 9.10. The molecule has 0 saturated heterocycles. The molecule has 124 valence electrons. The summed E-state index contributed by atoms with van der Waals surface area (Å²) in [5.41, 5.74) is 4.41. The number of nitrogens with zero attached hydrogens (tertiary/aromatic N) is 1. The van der Waals surface area contributed by atoms with E-state index < -0.39 is 0 Å². The molecule has 5 atom stereocenters. The van der Waals surface area contributed by atoms with E-state index in [-0.39, 0.29) is 0 Å². The van der Waals surface area contributed by atoms with Crippen LogP contribution in [0.2, 0.25) is 0 Å². The van der Waals surface area contributed by atoms with Gasteiger partial charge in [-0.2, -0.15) is 5.10 Å². The molecule has 3 aliphatic rings. The normalized spacial score (nSPS) is 39.5. The van der Waals surface area contributed by atoms with Crippen LogP contribution in [0.15, 0.2) is 23.3 Å². The van der Waals surface area contributed by atoms with Crippen LogP contribution in [-0.4, -0.2) is 10.8 Å². The highest BCUT2D eigenvalue weighted by atomic mass is 16.3. The Morgan fingerprint density at radius 2 is 2.09 bits per heavy atom. The summed E-state index contributed by atoms with van der Waals surface area (Å²) < 4.78 is 0. The third kappa shape index (κ3) is 2.12. The minimum absolute atomic E-state index is 0.378. The molecule has 3 nitrogen and oxygen atoms in total. The maximum absolute atomic E-state index is 9.77. The molecule has 2 saturated carbocycles. The van der Waals surface area contributed by atoms with E-state index in [1.54, 1.807) is 0 Å². The first-order valence-electron chi connectivity index (χ1n) is 9.10. The average Bonchev–Trinajstić information content (AvgIpc) is 2.90. The lowest BCUT2D eigenvalue weighted by Gasteiger charge is -2.51. The van der Waals surface area contributed by atoms with Gasteiger partial charge in [-0.25, -0.2) is 0 Å². The molecule has 1 aromatic carbocycles. The Labute approximate surface area is 139 Å². The van der Waals surface area contributed by atoms with Crippen molar-refractivity contribution in [2.75, 3.05) is 0 Å². The number of phenolic OH excluding ortho intramolecular Hbond substituents is 1. The third-order valence-corrected chi connectivity index (χ3v) is 7.42. The Morgan fingerprint density at radius 3 is 2.87 bits per heavy atom. The van der Waals surface area contributed by atoms with Crippen LogP contribution in [-0.2, 0) is 6.42 Å². The summed E-state index contributed by atoms with van der Waals surface area (Å²) in [4.78, 5) is 0. The van der Waals surface area contributed by atoms with Gasteiger partial charge in [-0.15, -0.1) is 0 Å². The Balaban J connectivity index is 1.67. The van der Waals surface area contributed by atoms with E-state index >= 15 is 0 Å². The van der Waals surface area contributed by atoms with Crippen molar-refractivity contribution in [2.24, 2.45) is 34.1 Å². The molecule has 23 heavy (non-hydrogen) atoms. The Bertz CT molecular complexity index is 653. The van der Waals surface area contributed by atoms with Gasteiger partial charge in [-0.1, -0.05) is 13.0 Å². The molecule has 0 radical (unpaired) electrons. The quantitative estimate of drug-likeness (QED) is 0.464. The first kappa shape index (κ1) is 15.0. The number of aromatic hydroxyl groups is 1. The van der Waals surface area contributed by atoms with Gasteiger partial charge in [-0.05, 0) is 91.9 Å². The summed E-state index contributed by atoms with van der Waals surface area (Å²) in [6, 6.07) is 6.04. The Morgan fingerprint density at radius 1 is 1.26 bits per heavy atom. The van der Waals surface area contributed by atoms with Crippen LogP contribution < -0.4 is 5.84 Å². The van der Waals surface area contributed by atoms with Gasteiger partial charge < -0.3 is 10.9 Å². The van der Waals surface area contributed by atoms with Gasteiger partial charge in [0, 0.05) is 11.6 Å². The molecule has 2 fully saturated rings. The highest BCUT2D eigenvalue weighted by molar-refractivity contribution is 5.85. The van der Waals surface area contributed by atoms with Crippen molar-refractivity contribution in [1.82, 2.24) is 0 Å². The van der Waals surface area contributed by atoms with Crippen LogP contribution in [0, 0.1) is 23.2 Å².